The van der Waals surface area contributed by atoms with Gasteiger partial charge >= 0.3 is 5.97 Å². The van der Waals surface area contributed by atoms with Crippen LogP contribution < -0.4 is 4.72 Å². The van der Waals surface area contributed by atoms with Gasteiger partial charge < -0.3 is 5.11 Å². The van der Waals surface area contributed by atoms with Crippen molar-refractivity contribution in [3.8, 4) is 6.19 Å². The summed E-state index contributed by atoms with van der Waals surface area (Å²) in [5, 5.41) is 17.0. The molecule has 6 nitrogen and oxygen atoms in total. The topological polar surface area (TPSA) is 107 Å². The Balaban J connectivity index is 3.35. The number of nitriles is 1. The monoisotopic (exact) mass is 304 g/mol. The Labute approximate surface area is 99.7 Å². The number of hydrogen-bond donors (Lipinski definition) is 2. The van der Waals surface area contributed by atoms with E-state index < -0.39 is 16.0 Å². The van der Waals surface area contributed by atoms with Gasteiger partial charge in [0, 0.05) is 4.47 Å². The van der Waals surface area contributed by atoms with Crippen LogP contribution in [0, 0.1) is 11.5 Å². The number of carbonyl (C=O) groups is 1. The lowest BCUT2D eigenvalue weighted by molar-refractivity contribution is 0.0695. The Bertz CT molecular complexity index is 576. The summed E-state index contributed by atoms with van der Waals surface area (Å²) in [6, 6.07) is 3.44. The first-order valence-electron chi connectivity index (χ1n) is 3.82. The van der Waals surface area contributed by atoms with Gasteiger partial charge in [-0.1, -0.05) is 0 Å². The predicted molar refractivity (Wildman–Crippen MR) is 57.0 cm³/mol. The second-order valence-corrected chi connectivity index (χ2v) is 5.20. The minimum Gasteiger partial charge on any atom is -0.478 e. The molecule has 0 fully saturated rings. The first-order chi connectivity index (χ1) is 7.38. The molecule has 0 aliphatic heterocycles. The molecule has 0 saturated carbocycles. The van der Waals surface area contributed by atoms with Crippen molar-refractivity contribution in [2.75, 3.05) is 0 Å². The molecule has 0 bridgehead atoms. The highest BCUT2D eigenvalue weighted by atomic mass is 79.9. The standard InChI is InChI=1S/C8H5BrN2O4S/c9-7-2-1-5(3-6(7)8(12)13)16(14,15)11-4-10/h1-3,11H,(H,12,13). The fourth-order valence-electron chi connectivity index (χ4n) is 0.954. The second kappa shape index (κ2) is 4.51. The van der Waals surface area contributed by atoms with Gasteiger partial charge in [-0.25, -0.2) is 17.9 Å². The highest BCUT2D eigenvalue weighted by molar-refractivity contribution is 9.10. The molecule has 0 saturated heterocycles. The Kier molecular flexibility index (Phi) is 3.51. The highest BCUT2D eigenvalue weighted by Crippen LogP contribution is 2.20. The molecule has 0 aliphatic rings. The molecule has 1 rings (SSSR count). The van der Waals surface area contributed by atoms with Crippen LogP contribution in [0.4, 0.5) is 0 Å². The average molecular weight is 305 g/mol. The summed E-state index contributed by atoms with van der Waals surface area (Å²) in [7, 11) is -3.98. The fraction of sp³-hybridized carbons (Fsp3) is 0. The molecule has 0 spiro atoms. The largest absolute Gasteiger partial charge is 0.478 e. The number of rotatable bonds is 3. The number of nitrogens with one attached hydrogen (secondary N) is 1. The van der Waals surface area contributed by atoms with Gasteiger partial charge in [0.25, 0.3) is 10.0 Å². The van der Waals surface area contributed by atoms with Gasteiger partial charge in [0.05, 0.1) is 10.5 Å². The van der Waals surface area contributed by atoms with Gasteiger partial charge in [0.15, 0.2) is 6.19 Å². The fourth-order valence-corrected chi connectivity index (χ4v) is 2.13. The lowest BCUT2D eigenvalue weighted by atomic mass is 10.2. The van der Waals surface area contributed by atoms with Crippen LogP contribution in [-0.2, 0) is 10.0 Å². The molecule has 1 aromatic rings. The Morgan fingerprint density at radius 3 is 2.62 bits per heavy atom. The molecule has 0 unspecified atom stereocenters. The zero-order chi connectivity index (χ0) is 12.3. The molecule has 0 radical (unpaired) electrons. The third-order valence-corrected chi connectivity index (χ3v) is 3.58. The molecule has 84 valence electrons. The number of sulfonamides is 1. The highest BCUT2D eigenvalue weighted by Gasteiger charge is 2.17. The lowest BCUT2D eigenvalue weighted by Crippen LogP contribution is -2.18. The molecule has 0 atom stereocenters. The van der Waals surface area contributed by atoms with E-state index in [0.29, 0.717) is 0 Å². The predicted octanol–water partition coefficient (Wildman–Crippen LogP) is 0.907. The van der Waals surface area contributed by atoms with E-state index in [1.165, 1.54) is 18.3 Å². The van der Waals surface area contributed by atoms with Crippen molar-refractivity contribution in [1.82, 2.24) is 4.72 Å². The van der Waals surface area contributed by atoms with Crippen molar-refractivity contribution in [3.05, 3.63) is 28.2 Å². The minimum atomic E-state index is -3.98. The van der Waals surface area contributed by atoms with Crippen molar-refractivity contribution in [2.45, 2.75) is 4.90 Å². The quantitative estimate of drug-likeness (QED) is 0.637. The Hall–Kier alpha value is -1.59. The number of carboxylic acids is 1. The summed E-state index contributed by atoms with van der Waals surface area (Å²) < 4.78 is 24.6. The van der Waals surface area contributed by atoms with E-state index in [9.17, 15) is 13.2 Å². The molecule has 0 aromatic heterocycles. The zero-order valence-electron chi connectivity index (χ0n) is 7.64. The number of carboxylic acid groups (broad SMARTS) is 1. The summed E-state index contributed by atoms with van der Waals surface area (Å²) in [6.07, 6.45) is 1.27. The van der Waals surface area contributed by atoms with Crippen molar-refractivity contribution in [3.63, 3.8) is 0 Å². The Morgan fingerprint density at radius 1 is 1.50 bits per heavy atom. The molecule has 16 heavy (non-hydrogen) atoms. The lowest BCUT2D eigenvalue weighted by Gasteiger charge is -2.04. The summed E-state index contributed by atoms with van der Waals surface area (Å²) in [5.41, 5.74) is -0.194. The molecule has 0 aliphatic carbocycles. The van der Waals surface area contributed by atoms with Crippen LogP contribution in [0.15, 0.2) is 27.6 Å². The summed E-state index contributed by atoms with van der Waals surface area (Å²) in [4.78, 5) is 10.5. The van der Waals surface area contributed by atoms with E-state index >= 15 is 0 Å². The number of aromatic carboxylic acids is 1. The molecule has 0 heterocycles. The van der Waals surface area contributed by atoms with E-state index in [2.05, 4.69) is 15.9 Å². The van der Waals surface area contributed by atoms with Gasteiger partial charge in [-0.15, -0.1) is 0 Å². The summed E-state index contributed by atoms with van der Waals surface area (Å²) in [5.74, 6) is -1.26. The number of hydrogen-bond acceptors (Lipinski definition) is 4. The van der Waals surface area contributed by atoms with Gasteiger partial charge in [-0.2, -0.15) is 5.26 Å². The zero-order valence-corrected chi connectivity index (χ0v) is 10.0. The van der Waals surface area contributed by atoms with Crippen molar-refractivity contribution in [1.29, 1.82) is 5.26 Å². The van der Waals surface area contributed by atoms with Crippen LogP contribution in [0.25, 0.3) is 0 Å². The van der Waals surface area contributed by atoms with Crippen molar-refractivity contribution >= 4 is 31.9 Å². The normalized spacial score (nSPS) is 10.5. The number of benzene rings is 1. The second-order valence-electron chi connectivity index (χ2n) is 2.66. The molecule has 8 heteroatoms. The van der Waals surface area contributed by atoms with Gasteiger partial charge in [-0.05, 0) is 34.1 Å². The van der Waals surface area contributed by atoms with Gasteiger partial charge in [-0.3, -0.25) is 0 Å². The van der Waals surface area contributed by atoms with E-state index in [0.717, 1.165) is 6.07 Å². The van der Waals surface area contributed by atoms with Crippen LogP contribution >= 0.6 is 15.9 Å². The molecular weight excluding hydrogens is 300 g/mol. The third kappa shape index (κ3) is 2.50. The van der Waals surface area contributed by atoms with Crippen molar-refractivity contribution < 1.29 is 18.3 Å². The first-order valence-corrected chi connectivity index (χ1v) is 6.10. The van der Waals surface area contributed by atoms with Crippen LogP contribution in [0.3, 0.4) is 0 Å². The van der Waals surface area contributed by atoms with Gasteiger partial charge in [0.2, 0.25) is 0 Å². The molecule has 0 amide bonds. The maximum Gasteiger partial charge on any atom is 0.336 e. The van der Waals surface area contributed by atoms with E-state index in [1.54, 1.807) is 4.72 Å². The van der Waals surface area contributed by atoms with Gasteiger partial charge in [0.1, 0.15) is 0 Å². The average Bonchev–Trinajstić information content (AvgIpc) is 2.17. The smallest absolute Gasteiger partial charge is 0.336 e. The summed E-state index contributed by atoms with van der Waals surface area (Å²) in [6.45, 7) is 0. The minimum absolute atomic E-state index is 0.194. The van der Waals surface area contributed by atoms with Crippen LogP contribution in [-0.4, -0.2) is 19.5 Å². The van der Waals surface area contributed by atoms with E-state index in [-0.39, 0.29) is 14.9 Å². The van der Waals surface area contributed by atoms with Crippen LogP contribution in [0.2, 0.25) is 0 Å². The Morgan fingerprint density at radius 2 is 2.12 bits per heavy atom. The number of nitrogens with zero attached hydrogens (tertiary/aromatic N) is 1. The number of halogens is 1. The maximum atomic E-state index is 11.4. The SMILES string of the molecule is N#CNS(=O)(=O)c1ccc(Br)c(C(=O)O)c1. The first kappa shape index (κ1) is 12.5. The summed E-state index contributed by atoms with van der Waals surface area (Å²) >= 11 is 2.98. The third-order valence-electron chi connectivity index (χ3n) is 1.66. The van der Waals surface area contributed by atoms with E-state index in [4.69, 9.17) is 10.4 Å². The van der Waals surface area contributed by atoms with Crippen LogP contribution in [0.1, 0.15) is 10.4 Å². The molecule has 1 aromatic carbocycles. The van der Waals surface area contributed by atoms with Crippen LogP contribution in [0.5, 0.6) is 0 Å². The molecule has 2 N–H and O–H groups in total. The van der Waals surface area contributed by atoms with E-state index in [1.807, 2.05) is 0 Å². The van der Waals surface area contributed by atoms with Crippen molar-refractivity contribution in [2.24, 2.45) is 0 Å². The molecular formula is C8H5BrN2O4S. The maximum absolute atomic E-state index is 11.4.